The second-order valence-corrected chi connectivity index (χ2v) is 8.10. The molecule has 7 nitrogen and oxygen atoms in total. The third kappa shape index (κ3) is 5.59. The average Bonchev–Trinajstić information content (AvgIpc) is 2.66. The summed E-state index contributed by atoms with van der Waals surface area (Å²) in [6, 6.07) is 11.7. The van der Waals surface area contributed by atoms with Crippen LogP contribution in [0.2, 0.25) is 0 Å². The molecule has 0 aliphatic carbocycles. The lowest BCUT2D eigenvalue weighted by atomic mass is 9.97. The van der Waals surface area contributed by atoms with E-state index in [-0.39, 0.29) is 23.6 Å². The third-order valence-corrected chi connectivity index (χ3v) is 5.49. The lowest BCUT2D eigenvalue weighted by Crippen LogP contribution is -2.42. The van der Waals surface area contributed by atoms with Crippen molar-refractivity contribution >= 4 is 10.0 Å². The Bertz CT molecular complexity index is 862. The zero-order chi connectivity index (χ0) is 20.1. The number of hydrogen-bond donors (Lipinski definition) is 2. The molecule has 1 unspecified atom stereocenters. The first-order valence-electron chi connectivity index (χ1n) is 8.28. The zero-order valence-corrected chi connectivity index (χ0v) is 16.7. The van der Waals surface area contributed by atoms with Gasteiger partial charge in [-0.2, -0.15) is 0 Å². The van der Waals surface area contributed by atoms with Gasteiger partial charge in [-0.05, 0) is 36.8 Å². The number of nitrogens with one attached hydrogen (secondary N) is 1. The molecule has 2 N–H and O–H groups in total. The molecule has 8 heteroatoms. The number of rotatable bonds is 9. The fourth-order valence-electron chi connectivity index (χ4n) is 2.57. The van der Waals surface area contributed by atoms with Crippen LogP contribution in [0.3, 0.4) is 0 Å². The summed E-state index contributed by atoms with van der Waals surface area (Å²) >= 11 is 0. The van der Waals surface area contributed by atoms with Gasteiger partial charge < -0.3 is 19.3 Å². The predicted molar refractivity (Wildman–Crippen MR) is 102 cm³/mol. The molecule has 148 valence electrons. The summed E-state index contributed by atoms with van der Waals surface area (Å²) in [4.78, 5) is -0.0222. The molecular weight excluding hydrogens is 370 g/mol. The average molecular weight is 395 g/mol. The van der Waals surface area contributed by atoms with Crippen molar-refractivity contribution in [2.45, 2.75) is 23.8 Å². The van der Waals surface area contributed by atoms with Gasteiger partial charge in [-0.1, -0.05) is 12.1 Å². The standard InChI is InChI=1S/C19H25NO6S/c1-19(21,12-14-5-7-15(24-2)8-6-14)13-20-27(22,23)18-10-9-16(25-3)11-17(18)26-4/h5-11,20-21H,12-13H2,1-4H3. The maximum atomic E-state index is 12.6. The fourth-order valence-corrected chi connectivity index (χ4v) is 3.88. The van der Waals surface area contributed by atoms with Crippen LogP contribution in [0.1, 0.15) is 12.5 Å². The maximum absolute atomic E-state index is 12.6. The van der Waals surface area contributed by atoms with E-state index >= 15 is 0 Å². The van der Waals surface area contributed by atoms with E-state index in [0.29, 0.717) is 11.5 Å². The van der Waals surface area contributed by atoms with Gasteiger partial charge in [-0.15, -0.1) is 0 Å². The monoisotopic (exact) mass is 395 g/mol. The summed E-state index contributed by atoms with van der Waals surface area (Å²) in [7, 11) is 0.568. The van der Waals surface area contributed by atoms with Gasteiger partial charge in [0.05, 0.1) is 26.9 Å². The van der Waals surface area contributed by atoms with E-state index in [4.69, 9.17) is 14.2 Å². The highest BCUT2D eigenvalue weighted by molar-refractivity contribution is 7.89. The molecule has 0 fully saturated rings. The van der Waals surface area contributed by atoms with Gasteiger partial charge in [-0.25, -0.2) is 13.1 Å². The molecule has 0 saturated heterocycles. The number of methoxy groups -OCH3 is 3. The number of benzene rings is 2. The molecule has 0 heterocycles. The van der Waals surface area contributed by atoms with Crippen LogP contribution in [0.25, 0.3) is 0 Å². The molecule has 0 radical (unpaired) electrons. The molecule has 0 saturated carbocycles. The Morgan fingerprint density at radius 2 is 1.56 bits per heavy atom. The van der Waals surface area contributed by atoms with Crippen molar-refractivity contribution in [1.29, 1.82) is 0 Å². The van der Waals surface area contributed by atoms with E-state index in [9.17, 15) is 13.5 Å². The van der Waals surface area contributed by atoms with E-state index in [1.807, 2.05) is 12.1 Å². The van der Waals surface area contributed by atoms with Gasteiger partial charge in [0, 0.05) is 19.0 Å². The van der Waals surface area contributed by atoms with Crippen LogP contribution in [-0.4, -0.2) is 47.0 Å². The molecule has 2 aromatic rings. The van der Waals surface area contributed by atoms with Gasteiger partial charge in [-0.3, -0.25) is 0 Å². The van der Waals surface area contributed by atoms with Crippen molar-refractivity contribution in [1.82, 2.24) is 4.72 Å². The van der Waals surface area contributed by atoms with Crippen molar-refractivity contribution in [2.75, 3.05) is 27.9 Å². The van der Waals surface area contributed by atoms with E-state index in [1.54, 1.807) is 26.2 Å². The molecule has 27 heavy (non-hydrogen) atoms. The van der Waals surface area contributed by atoms with Crippen molar-refractivity contribution in [3.63, 3.8) is 0 Å². The maximum Gasteiger partial charge on any atom is 0.244 e. The second kappa shape index (κ2) is 8.60. The summed E-state index contributed by atoms with van der Waals surface area (Å²) < 4.78 is 43.0. The molecule has 1 atom stereocenters. The Kier molecular flexibility index (Phi) is 6.69. The second-order valence-electron chi connectivity index (χ2n) is 6.36. The molecule has 0 amide bonds. The Balaban J connectivity index is 2.10. The first-order chi connectivity index (χ1) is 12.7. The molecule has 0 bridgehead atoms. The van der Waals surface area contributed by atoms with Gasteiger partial charge in [0.2, 0.25) is 10.0 Å². The molecule has 2 aromatic carbocycles. The normalized spacial score (nSPS) is 13.7. The van der Waals surface area contributed by atoms with Crippen LogP contribution in [0.4, 0.5) is 0 Å². The number of hydrogen-bond acceptors (Lipinski definition) is 6. The van der Waals surface area contributed by atoms with Crippen LogP contribution < -0.4 is 18.9 Å². The Morgan fingerprint density at radius 3 is 2.11 bits per heavy atom. The summed E-state index contributed by atoms with van der Waals surface area (Å²) in [5.74, 6) is 1.36. The number of sulfonamides is 1. The molecular formula is C19H25NO6S. The Morgan fingerprint density at radius 1 is 0.963 bits per heavy atom. The quantitative estimate of drug-likeness (QED) is 0.674. The fraction of sp³-hybridized carbons (Fsp3) is 0.368. The first kappa shape index (κ1) is 21.0. The van der Waals surface area contributed by atoms with Crippen LogP contribution in [0.15, 0.2) is 47.4 Å². The van der Waals surface area contributed by atoms with Gasteiger partial charge in [0.15, 0.2) is 0 Å². The van der Waals surface area contributed by atoms with Crippen LogP contribution >= 0.6 is 0 Å². The van der Waals surface area contributed by atoms with Crippen molar-refractivity contribution in [2.24, 2.45) is 0 Å². The first-order valence-corrected chi connectivity index (χ1v) is 9.76. The Labute approximate surface area is 159 Å². The minimum Gasteiger partial charge on any atom is -0.497 e. The van der Waals surface area contributed by atoms with Crippen molar-refractivity contribution < 1.29 is 27.7 Å². The number of ether oxygens (including phenoxy) is 3. The minimum atomic E-state index is -3.87. The predicted octanol–water partition coefficient (Wildman–Crippen LogP) is 1.98. The summed E-state index contributed by atoms with van der Waals surface area (Å²) in [6.07, 6.45) is 0.277. The number of aliphatic hydroxyl groups is 1. The lowest BCUT2D eigenvalue weighted by Gasteiger charge is -2.24. The smallest absolute Gasteiger partial charge is 0.244 e. The third-order valence-electron chi connectivity index (χ3n) is 4.05. The molecule has 0 aromatic heterocycles. The van der Waals surface area contributed by atoms with Crippen molar-refractivity contribution in [3.8, 4) is 17.2 Å². The Hall–Kier alpha value is -2.29. The van der Waals surface area contributed by atoms with Crippen LogP contribution in [-0.2, 0) is 16.4 Å². The van der Waals surface area contributed by atoms with E-state index in [2.05, 4.69) is 4.72 Å². The molecule has 0 spiro atoms. The highest BCUT2D eigenvalue weighted by atomic mass is 32.2. The molecule has 0 aliphatic heterocycles. The summed E-state index contributed by atoms with van der Waals surface area (Å²) in [6.45, 7) is 1.42. The molecule has 0 aliphatic rings. The largest absolute Gasteiger partial charge is 0.497 e. The van der Waals surface area contributed by atoms with Crippen LogP contribution in [0, 0.1) is 0 Å². The van der Waals surface area contributed by atoms with E-state index in [0.717, 1.165) is 5.56 Å². The summed E-state index contributed by atoms with van der Waals surface area (Å²) in [5, 5.41) is 10.6. The van der Waals surface area contributed by atoms with Gasteiger partial charge in [0.25, 0.3) is 0 Å². The van der Waals surface area contributed by atoms with Gasteiger partial charge in [0.1, 0.15) is 22.1 Å². The highest BCUT2D eigenvalue weighted by Gasteiger charge is 2.26. The zero-order valence-electron chi connectivity index (χ0n) is 15.9. The SMILES string of the molecule is COc1ccc(CC(C)(O)CNS(=O)(=O)c2ccc(OC)cc2OC)cc1. The van der Waals surface area contributed by atoms with E-state index in [1.165, 1.54) is 32.4 Å². The highest BCUT2D eigenvalue weighted by Crippen LogP contribution is 2.28. The summed E-state index contributed by atoms with van der Waals surface area (Å²) in [5.41, 5.74) is -0.413. The topological polar surface area (TPSA) is 94.1 Å². The molecule has 2 rings (SSSR count). The van der Waals surface area contributed by atoms with Crippen molar-refractivity contribution in [3.05, 3.63) is 48.0 Å². The lowest BCUT2D eigenvalue weighted by molar-refractivity contribution is 0.0657. The van der Waals surface area contributed by atoms with Gasteiger partial charge >= 0.3 is 0 Å². The minimum absolute atomic E-state index is 0.0222. The van der Waals surface area contributed by atoms with E-state index < -0.39 is 15.6 Å². The van der Waals surface area contributed by atoms with Crippen LogP contribution in [0.5, 0.6) is 17.2 Å².